The van der Waals surface area contributed by atoms with Crippen molar-refractivity contribution in [2.24, 2.45) is 16.3 Å². The van der Waals surface area contributed by atoms with Crippen LogP contribution in [0, 0.1) is 11.3 Å². The molecule has 0 bridgehead atoms. The molecule has 22 heavy (non-hydrogen) atoms. The molecular formula is C17H31N3O2. The molecule has 3 fully saturated rings. The van der Waals surface area contributed by atoms with Crippen molar-refractivity contribution in [1.82, 2.24) is 10.6 Å². The van der Waals surface area contributed by atoms with Crippen molar-refractivity contribution in [2.45, 2.75) is 58.1 Å². The Balaban J connectivity index is 1.55. The second-order valence-corrected chi connectivity index (χ2v) is 6.76. The lowest BCUT2D eigenvalue weighted by molar-refractivity contribution is -0.171. The quantitative estimate of drug-likeness (QED) is 0.429. The molecule has 2 N–H and O–H groups in total. The molecule has 0 aromatic carbocycles. The van der Waals surface area contributed by atoms with Crippen molar-refractivity contribution in [2.75, 3.05) is 32.9 Å². The fourth-order valence-corrected chi connectivity index (χ4v) is 4.43. The maximum atomic E-state index is 5.99. The van der Waals surface area contributed by atoms with E-state index in [-0.39, 0.29) is 0 Å². The van der Waals surface area contributed by atoms with Gasteiger partial charge < -0.3 is 20.1 Å². The molecule has 0 aromatic rings. The Hall–Kier alpha value is -0.810. The van der Waals surface area contributed by atoms with Gasteiger partial charge in [0.25, 0.3) is 0 Å². The van der Waals surface area contributed by atoms with E-state index in [2.05, 4.69) is 17.6 Å². The Kier molecular flexibility index (Phi) is 5.24. The van der Waals surface area contributed by atoms with Crippen molar-refractivity contribution in [3.63, 3.8) is 0 Å². The second kappa shape index (κ2) is 7.18. The predicted octanol–water partition coefficient (Wildman–Crippen LogP) is 1.93. The monoisotopic (exact) mass is 309 g/mol. The summed E-state index contributed by atoms with van der Waals surface area (Å²) in [6.07, 6.45) is 6.68. The molecule has 2 aliphatic carbocycles. The summed E-state index contributed by atoms with van der Waals surface area (Å²) in [4.78, 5) is 4.72. The molecule has 2 saturated carbocycles. The standard InChI is InChI=1S/C17H31N3O2/c1-3-18-16(19-10-6-11-21-4-2)20-14-13-7-12-22-15(13)17(14)8-5-9-17/h13-15H,3-12H2,1-2H3,(H2,18,19,20). The van der Waals surface area contributed by atoms with Gasteiger partial charge in [-0.15, -0.1) is 0 Å². The molecule has 3 unspecified atom stereocenters. The fourth-order valence-electron chi connectivity index (χ4n) is 4.43. The first kappa shape index (κ1) is 16.1. The number of fused-ring (bicyclic) bond motifs is 2. The van der Waals surface area contributed by atoms with Crippen LogP contribution in [0.4, 0.5) is 0 Å². The van der Waals surface area contributed by atoms with E-state index < -0.39 is 0 Å². The third-order valence-electron chi connectivity index (χ3n) is 5.59. The van der Waals surface area contributed by atoms with E-state index in [4.69, 9.17) is 14.5 Å². The van der Waals surface area contributed by atoms with Gasteiger partial charge in [-0.05, 0) is 39.5 Å². The molecule has 1 saturated heterocycles. The predicted molar refractivity (Wildman–Crippen MR) is 88.1 cm³/mol. The smallest absolute Gasteiger partial charge is 0.191 e. The number of nitrogens with zero attached hydrogens (tertiary/aromatic N) is 1. The van der Waals surface area contributed by atoms with Crippen LogP contribution in [0.5, 0.6) is 0 Å². The van der Waals surface area contributed by atoms with Crippen LogP contribution in [-0.2, 0) is 9.47 Å². The lowest BCUT2D eigenvalue weighted by Gasteiger charge is -2.63. The molecule has 3 rings (SSSR count). The number of aliphatic imine (C=N–C) groups is 1. The molecule has 0 radical (unpaired) electrons. The average Bonchev–Trinajstić information content (AvgIpc) is 2.88. The Morgan fingerprint density at radius 3 is 2.91 bits per heavy atom. The van der Waals surface area contributed by atoms with Crippen LogP contribution in [0.3, 0.4) is 0 Å². The minimum atomic E-state index is 0.405. The Morgan fingerprint density at radius 1 is 1.36 bits per heavy atom. The van der Waals surface area contributed by atoms with E-state index >= 15 is 0 Å². The number of rotatable bonds is 7. The third-order valence-corrected chi connectivity index (χ3v) is 5.59. The summed E-state index contributed by atoms with van der Waals surface area (Å²) in [5.41, 5.74) is 0.405. The largest absolute Gasteiger partial charge is 0.382 e. The van der Waals surface area contributed by atoms with Gasteiger partial charge in [0, 0.05) is 50.3 Å². The van der Waals surface area contributed by atoms with Crippen LogP contribution in [0.15, 0.2) is 4.99 Å². The van der Waals surface area contributed by atoms with Crippen LogP contribution in [0.25, 0.3) is 0 Å². The molecular weight excluding hydrogens is 278 g/mol. The lowest BCUT2D eigenvalue weighted by atomic mass is 9.46. The van der Waals surface area contributed by atoms with Crippen LogP contribution < -0.4 is 10.6 Å². The highest BCUT2D eigenvalue weighted by Crippen LogP contribution is 2.62. The highest BCUT2D eigenvalue weighted by molar-refractivity contribution is 5.80. The van der Waals surface area contributed by atoms with Crippen molar-refractivity contribution < 1.29 is 9.47 Å². The normalized spacial score (nSPS) is 32.3. The van der Waals surface area contributed by atoms with Gasteiger partial charge in [-0.25, -0.2) is 0 Å². The van der Waals surface area contributed by atoms with E-state index in [1.807, 2.05) is 6.92 Å². The summed E-state index contributed by atoms with van der Waals surface area (Å²) in [5.74, 6) is 1.66. The average molecular weight is 309 g/mol. The number of guanidine groups is 1. The van der Waals surface area contributed by atoms with Gasteiger partial charge in [-0.3, -0.25) is 4.99 Å². The van der Waals surface area contributed by atoms with Gasteiger partial charge in [0.15, 0.2) is 5.96 Å². The molecule has 5 heteroatoms. The van der Waals surface area contributed by atoms with Gasteiger partial charge in [0.1, 0.15) is 0 Å². The SMILES string of the molecule is CCNC(=NCCCOCC)NC1C2CCOC2C12CCC2. The first-order valence-corrected chi connectivity index (χ1v) is 9.06. The van der Waals surface area contributed by atoms with Crippen molar-refractivity contribution in [3.8, 4) is 0 Å². The maximum absolute atomic E-state index is 5.99. The summed E-state index contributed by atoms with van der Waals surface area (Å²) >= 11 is 0. The number of hydrogen-bond acceptors (Lipinski definition) is 3. The van der Waals surface area contributed by atoms with Crippen molar-refractivity contribution >= 4 is 5.96 Å². The minimum absolute atomic E-state index is 0.405. The topological polar surface area (TPSA) is 54.9 Å². The van der Waals surface area contributed by atoms with Gasteiger partial charge in [-0.2, -0.15) is 0 Å². The van der Waals surface area contributed by atoms with Crippen molar-refractivity contribution in [1.29, 1.82) is 0 Å². The molecule has 0 aromatic heterocycles. The molecule has 0 amide bonds. The molecule has 3 atom stereocenters. The second-order valence-electron chi connectivity index (χ2n) is 6.76. The minimum Gasteiger partial charge on any atom is -0.382 e. The first-order chi connectivity index (χ1) is 10.8. The third kappa shape index (κ3) is 2.85. The van der Waals surface area contributed by atoms with Crippen LogP contribution >= 0.6 is 0 Å². The first-order valence-electron chi connectivity index (χ1n) is 9.06. The van der Waals surface area contributed by atoms with Gasteiger partial charge in [-0.1, -0.05) is 6.42 Å². The highest BCUT2D eigenvalue weighted by Gasteiger charge is 2.66. The number of hydrogen-bond donors (Lipinski definition) is 2. The molecule has 126 valence electrons. The molecule has 3 aliphatic rings. The summed E-state index contributed by atoms with van der Waals surface area (Å²) in [6, 6.07) is 0.554. The zero-order chi connectivity index (χ0) is 15.4. The Bertz CT molecular complexity index is 395. The number of nitrogens with one attached hydrogen (secondary N) is 2. The van der Waals surface area contributed by atoms with Crippen LogP contribution in [-0.4, -0.2) is 51.0 Å². The van der Waals surface area contributed by atoms with E-state index in [1.54, 1.807) is 0 Å². The molecule has 1 aliphatic heterocycles. The Labute approximate surface area is 134 Å². The van der Waals surface area contributed by atoms with E-state index in [0.717, 1.165) is 45.3 Å². The summed E-state index contributed by atoms with van der Waals surface area (Å²) < 4.78 is 11.4. The molecule has 1 heterocycles. The van der Waals surface area contributed by atoms with Gasteiger partial charge in [0.05, 0.1) is 6.10 Å². The zero-order valence-electron chi connectivity index (χ0n) is 14.1. The van der Waals surface area contributed by atoms with E-state index in [1.165, 1.54) is 25.7 Å². The summed E-state index contributed by atoms with van der Waals surface area (Å²) in [5, 5.41) is 7.12. The molecule has 5 nitrogen and oxygen atoms in total. The van der Waals surface area contributed by atoms with Crippen LogP contribution in [0.2, 0.25) is 0 Å². The summed E-state index contributed by atoms with van der Waals surface area (Å²) in [6.45, 7) is 8.40. The van der Waals surface area contributed by atoms with Gasteiger partial charge in [0.2, 0.25) is 0 Å². The Morgan fingerprint density at radius 2 is 2.23 bits per heavy atom. The fraction of sp³-hybridized carbons (Fsp3) is 0.941. The van der Waals surface area contributed by atoms with E-state index in [9.17, 15) is 0 Å². The number of ether oxygens (including phenoxy) is 2. The maximum Gasteiger partial charge on any atom is 0.191 e. The van der Waals surface area contributed by atoms with Crippen molar-refractivity contribution in [3.05, 3.63) is 0 Å². The summed E-state index contributed by atoms with van der Waals surface area (Å²) in [7, 11) is 0. The van der Waals surface area contributed by atoms with Crippen LogP contribution in [0.1, 0.15) is 46.0 Å². The highest BCUT2D eigenvalue weighted by atomic mass is 16.5. The van der Waals surface area contributed by atoms with E-state index in [0.29, 0.717) is 23.5 Å². The van der Waals surface area contributed by atoms with Gasteiger partial charge >= 0.3 is 0 Å². The zero-order valence-corrected chi connectivity index (χ0v) is 14.1. The molecule has 1 spiro atoms. The lowest BCUT2D eigenvalue weighted by Crippen LogP contribution is -2.72.